The Bertz CT molecular complexity index is 333. The Balaban J connectivity index is 1.71. The van der Waals surface area contributed by atoms with Crippen LogP contribution in [0.1, 0.15) is 67.2 Å². The smallest absolute Gasteiger partial charge is 0.0125 e. The Morgan fingerprint density at radius 1 is 0.818 bits per heavy atom. The molecule has 3 heteroatoms. The van der Waals surface area contributed by atoms with Crippen molar-refractivity contribution < 1.29 is 0 Å². The van der Waals surface area contributed by atoms with E-state index in [2.05, 4.69) is 56.7 Å². The predicted octanol–water partition coefficient (Wildman–Crippen LogP) is 3.35. The summed E-state index contributed by atoms with van der Waals surface area (Å²) in [5.74, 6) is 0. The lowest BCUT2D eigenvalue weighted by Crippen LogP contribution is -2.52. The zero-order chi connectivity index (χ0) is 16.4. The van der Waals surface area contributed by atoms with Crippen molar-refractivity contribution in [2.45, 2.75) is 78.3 Å². The van der Waals surface area contributed by atoms with Gasteiger partial charge in [-0.05, 0) is 98.8 Å². The zero-order valence-electron chi connectivity index (χ0n) is 16.0. The molecule has 130 valence electrons. The Hall–Kier alpha value is -0.120. The van der Waals surface area contributed by atoms with E-state index in [1.807, 2.05) is 0 Å². The quantitative estimate of drug-likeness (QED) is 0.862. The molecule has 2 fully saturated rings. The van der Waals surface area contributed by atoms with Crippen LogP contribution in [0.4, 0.5) is 0 Å². The summed E-state index contributed by atoms with van der Waals surface area (Å²) in [6.07, 6.45) is 5.66. The second-order valence-corrected chi connectivity index (χ2v) is 9.68. The molecule has 2 heterocycles. The number of rotatable bonds is 3. The van der Waals surface area contributed by atoms with Crippen LogP contribution in [0.5, 0.6) is 0 Å². The van der Waals surface area contributed by atoms with Crippen LogP contribution in [0, 0.1) is 5.41 Å². The van der Waals surface area contributed by atoms with Gasteiger partial charge in [-0.25, -0.2) is 0 Å². The lowest BCUT2D eigenvalue weighted by Gasteiger charge is -2.50. The highest BCUT2D eigenvalue weighted by Gasteiger charge is 2.39. The Morgan fingerprint density at radius 3 is 1.77 bits per heavy atom. The van der Waals surface area contributed by atoms with Crippen molar-refractivity contribution >= 4 is 0 Å². The highest BCUT2D eigenvalue weighted by molar-refractivity contribution is 4.93. The van der Waals surface area contributed by atoms with Gasteiger partial charge in [0.1, 0.15) is 0 Å². The molecule has 1 N–H and O–H groups in total. The van der Waals surface area contributed by atoms with Crippen molar-refractivity contribution in [2.75, 3.05) is 39.3 Å². The van der Waals surface area contributed by atoms with Crippen LogP contribution in [-0.4, -0.2) is 60.1 Å². The second kappa shape index (κ2) is 6.78. The van der Waals surface area contributed by atoms with Crippen LogP contribution in [0.25, 0.3) is 0 Å². The molecule has 0 amide bonds. The van der Waals surface area contributed by atoms with Gasteiger partial charge in [-0.2, -0.15) is 0 Å². The van der Waals surface area contributed by atoms with Crippen LogP contribution in [0.15, 0.2) is 0 Å². The second-order valence-electron chi connectivity index (χ2n) is 9.68. The summed E-state index contributed by atoms with van der Waals surface area (Å²) in [6.45, 7) is 21.4. The molecule has 0 aliphatic carbocycles. The van der Waals surface area contributed by atoms with Crippen LogP contribution >= 0.6 is 0 Å². The molecule has 2 saturated heterocycles. The molecule has 22 heavy (non-hydrogen) atoms. The fourth-order valence-corrected chi connectivity index (χ4v) is 3.99. The Kier molecular flexibility index (Phi) is 5.62. The van der Waals surface area contributed by atoms with Gasteiger partial charge in [-0.15, -0.1) is 0 Å². The summed E-state index contributed by atoms with van der Waals surface area (Å²) >= 11 is 0. The molecule has 0 aromatic rings. The molecule has 1 spiro atoms. The first-order chi connectivity index (χ1) is 10.1. The molecule has 0 saturated carbocycles. The molecule has 0 bridgehead atoms. The normalized spacial score (nSPS) is 24.8. The molecule has 0 unspecified atom stereocenters. The van der Waals surface area contributed by atoms with Gasteiger partial charge >= 0.3 is 0 Å². The summed E-state index contributed by atoms with van der Waals surface area (Å²) in [7, 11) is 0. The van der Waals surface area contributed by atoms with Crippen LogP contribution in [-0.2, 0) is 0 Å². The van der Waals surface area contributed by atoms with Gasteiger partial charge in [0.05, 0.1) is 0 Å². The first-order valence-electron chi connectivity index (χ1n) is 9.32. The number of nitrogens with zero attached hydrogens (tertiary/aromatic N) is 2. The van der Waals surface area contributed by atoms with Crippen molar-refractivity contribution in [3.8, 4) is 0 Å². The number of likely N-dealkylation sites (tertiary alicyclic amines) is 2. The Morgan fingerprint density at radius 2 is 1.32 bits per heavy atom. The first kappa shape index (κ1) is 18.2. The van der Waals surface area contributed by atoms with E-state index < -0.39 is 0 Å². The van der Waals surface area contributed by atoms with E-state index in [1.54, 1.807) is 0 Å². The van der Waals surface area contributed by atoms with Crippen molar-refractivity contribution in [3.63, 3.8) is 0 Å². The molecule has 2 aliphatic rings. The number of hydrogen-bond acceptors (Lipinski definition) is 3. The zero-order valence-corrected chi connectivity index (χ0v) is 16.0. The third kappa shape index (κ3) is 5.21. The summed E-state index contributed by atoms with van der Waals surface area (Å²) in [6, 6.07) is 0. The lowest BCUT2D eigenvalue weighted by molar-refractivity contribution is 0.00354. The van der Waals surface area contributed by atoms with Gasteiger partial charge < -0.3 is 10.2 Å². The van der Waals surface area contributed by atoms with E-state index in [4.69, 9.17) is 0 Å². The molecule has 0 aromatic carbocycles. The molecular formula is C19H39N3. The van der Waals surface area contributed by atoms with Gasteiger partial charge in [0, 0.05) is 24.2 Å². The standard InChI is InChI=1S/C19H39N3/c1-17(2,3)20-11-16-21-12-7-19(8-13-21)9-14-22(15-10-19)18(4,5)6/h20H,7-16H2,1-6H3. The molecule has 0 aromatic heterocycles. The van der Waals surface area contributed by atoms with Gasteiger partial charge in [-0.1, -0.05) is 0 Å². The van der Waals surface area contributed by atoms with E-state index in [0.29, 0.717) is 11.0 Å². The monoisotopic (exact) mass is 309 g/mol. The molecule has 2 aliphatic heterocycles. The average Bonchev–Trinajstić information content (AvgIpc) is 2.39. The minimum atomic E-state index is 0.247. The molecule has 3 nitrogen and oxygen atoms in total. The summed E-state index contributed by atoms with van der Waals surface area (Å²) < 4.78 is 0. The van der Waals surface area contributed by atoms with Crippen molar-refractivity contribution in [2.24, 2.45) is 5.41 Å². The number of piperidine rings is 2. The van der Waals surface area contributed by atoms with Crippen molar-refractivity contribution in [1.29, 1.82) is 0 Å². The fourth-order valence-electron chi connectivity index (χ4n) is 3.99. The van der Waals surface area contributed by atoms with Crippen LogP contribution in [0.3, 0.4) is 0 Å². The summed E-state index contributed by atoms with van der Waals surface area (Å²) in [5, 5.41) is 3.61. The maximum absolute atomic E-state index is 3.61. The van der Waals surface area contributed by atoms with Gasteiger partial charge in [-0.3, -0.25) is 4.90 Å². The summed E-state index contributed by atoms with van der Waals surface area (Å²) in [4.78, 5) is 5.35. The molecule has 2 rings (SSSR count). The molecule has 0 radical (unpaired) electrons. The van der Waals surface area contributed by atoms with Crippen LogP contribution < -0.4 is 5.32 Å². The lowest BCUT2D eigenvalue weighted by atomic mass is 9.70. The van der Waals surface area contributed by atoms with E-state index in [9.17, 15) is 0 Å². The van der Waals surface area contributed by atoms with E-state index in [0.717, 1.165) is 6.54 Å². The van der Waals surface area contributed by atoms with Gasteiger partial charge in [0.25, 0.3) is 0 Å². The van der Waals surface area contributed by atoms with Gasteiger partial charge in [0.15, 0.2) is 0 Å². The third-order valence-corrected chi connectivity index (χ3v) is 5.77. The first-order valence-corrected chi connectivity index (χ1v) is 9.32. The van der Waals surface area contributed by atoms with Crippen LogP contribution in [0.2, 0.25) is 0 Å². The fraction of sp³-hybridized carbons (Fsp3) is 1.00. The Labute approximate surface area is 138 Å². The van der Waals surface area contributed by atoms with E-state index in [1.165, 1.54) is 58.4 Å². The maximum atomic E-state index is 3.61. The molecular weight excluding hydrogens is 270 g/mol. The maximum Gasteiger partial charge on any atom is 0.0125 e. The molecule has 0 atom stereocenters. The third-order valence-electron chi connectivity index (χ3n) is 5.77. The SMILES string of the molecule is CC(C)(C)NCCN1CCC2(CC1)CCN(C(C)(C)C)CC2. The topological polar surface area (TPSA) is 18.5 Å². The van der Waals surface area contributed by atoms with Crippen molar-refractivity contribution in [3.05, 3.63) is 0 Å². The minimum Gasteiger partial charge on any atom is -0.311 e. The highest BCUT2D eigenvalue weighted by Crippen LogP contribution is 2.42. The largest absolute Gasteiger partial charge is 0.311 e. The number of hydrogen-bond donors (Lipinski definition) is 1. The highest BCUT2D eigenvalue weighted by atomic mass is 15.2. The van der Waals surface area contributed by atoms with E-state index >= 15 is 0 Å². The number of nitrogens with one attached hydrogen (secondary N) is 1. The summed E-state index contributed by atoms with van der Waals surface area (Å²) in [5.41, 5.74) is 1.26. The van der Waals surface area contributed by atoms with Gasteiger partial charge in [0.2, 0.25) is 0 Å². The average molecular weight is 310 g/mol. The van der Waals surface area contributed by atoms with Crippen molar-refractivity contribution in [1.82, 2.24) is 15.1 Å². The van der Waals surface area contributed by atoms with E-state index in [-0.39, 0.29) is 5.54 Å². The minimum absolute atomic E-state index is 0.247. The predicted molar refractivity (Wildman–Crippen MR) is 96.4 cm³/mol.